The van der Waals surface area contributed by atoms with E-state index in [9.17, 15) is 4.79 Å². The monoisotopic (exact) mass is 435 g/mol. The van der Waals surface area contributed by atoms with E-state index in [2.05, 4.69) is 51.2 Å². The second kappa shape index (κ2) is 8.17. The van der Waals surface area contributed by atoms with Crippen LogP contribution in [0.5, 0.6) is 0 Å². The molecule has 1 fully saturated rings. The van der Waals surface area contributed by atoms with Gasteiger partial charge in [0.25, 0.3) is 0 Å². The van der Waals surface area contributed by atoms with Gasteiger partial charge in [-0.25, -0.2) is 0 Å². The van der Waals surface area contributed by atoms with Crippen molar-refractivity contribution in [3.8, 4) is 10.6 Å². The number of hydrogen-bond donors (Lipinski definition) is 0. The van der Waals surface area contributed by atoms with E-state index in [1.54, 1.807) is 11.3 Å². The smallest absolute Gasteiger partial charge is 0.242 e. The molecule has 5 rings (SSSR count). The molecule has 2 aromatic heterocycles. The average molecular weight is 436 g/mol. The van der Waals surface area contributed by atoms with Crippen LogP contribution < -0.4 is 4.90 Å². The maximum Gasteiger partial charge on any atom is 0.242 e. The Labute approximate surface area is 184 Å². The van der Waals surface area contributed by atoms with Crippen LogP contribution in [-0.2, 0) is 11.3 Å². The van der Waals surface area contributed by atoms with E-state index in [0.29, 0.717) is 6.54 Å². The van der Waals surface area contributed by atoms with E-state index in [1.807, 2.05) is 35.2 Å². The fourth-order valence-electron chi connectivity index (χ4n) is 4.13. The third-order valence-electron chi connectivity index (χ3n) is 5.68. The summed E-state index contributed by atoms with van der Waals surface area (Å²) in [5, 5.41) is 3.99. The zero-order valence-electron chi connectivity index (χ0n) is 16.5. The predicted octanol–water partition coefficient (Wildman–Crippen LogP) is 5.37. The van der Waals surface area contributed by atoms with Gasteiger partial charge in [0.05, 0.1) is 10.6 Å². The summed E-state index contributed by atoms with van der Waals surface area (Å²) in [6.45, 7) is 3.43. The largest absolute Gasteiger partial charge is 0.368 e. The summed E-state index contributed by atoms with van der Waals surface area (Å²) in [5.41, 5.74) is 3.33. The SMILES string of the molecule is O=C(Cn1c(-c2cccs2)cc2ccccc21)N1CCN(c2cccc(Cl)c2)CC1. The minimum absolute atomic E-state index is 0.167. The lowest BCUT2D eigenvalue weighted by Gasteiger charge is -2.36. The first-order valence-corrected chi connectivity index (χ1v) is 11.4. The number of fused-ring (bicyclic) bond motifs is 1. The van der Waals surface area contributed by atoms with Crippen LogP contribution in [0.15, 0.2) is 72.1 Å². The lowest BCUT2D eigenvalue weighted by molar-refractivity contribution is -0.132. The first-order valence-electron chi connectivity index (χ1n) is 10.1. The third kappa shape index (κ3) is 3.71. The normalized spacial score (nSPS) is 14.4. The van der Waals surface area contributed by atoms with Crippen molar-refractivity contribution in [1.29, 1.82) is 0 Å². The van der Waals surface area contributed by atoms with Crippen LogP contribution in [0.2, 0.25) is 5.02 Å². The van der Waals surface area contributed by atoms with Gasteiger partial charge in [-0.15, -0.1) is 11.3 Å². The van der Waals surface area contributed by atoms with Crippen molar-refractivity contribution < 1.29 is 4.79 Å². The molecule has 0 saturated carbocycles. The van der Waals surface area contributed by atoms with E-state index in [-0.39, 0.29) is 5.91 Å². The number of aromatic nitrogens is 1. The van der Waals surface area contributed by atoms with Crippen molar-refractivity contribution in [2.45, 2.75) is 6.54 Å². The highest BCUT2D eigenvalue weighted by Gasteiger charge is 2.23. The van der Waals surface area contributed by atoms with Crippen molar-refractivity contribution in [1.82, 2.24) is 9.47 Å². The van der Waals surface area contributed by atoms with E-state index in [4.69, 9.17) is 11.6 Å². The highest BCUT2D eigenvalue weighted by atomic mass is 35.5. The lowest BCUT2D eigenvalue weighted by atomic mass is 10.2. The molecule has 4 nitrogen and oxygen atoms in total. The molecule has 4 aromatic rings. The van der Waals surface area contributed by atoms with Gasteiger partial charge >= 0.3 is 0 Å². The number of nitrogens with zero attached hydrogens (tertiary/aromatic N) is 3. The zero-order chi connectivity index (χ0) is 20.5. The van der Waals surface area contributed by atoms with E-state index in [0.717, 1.165) is 48.1 Å². The first-order chi connectivity index (χ1) is 14.7. The minimum Gasteiger partial charge on any atom is -0.368 e. The Hall–Kier alpha value is -2.76. The number of amides is 1. The van der Waals surface area contributed by atoms with Gasteiger partial charge in [-0.3, -0.25) is 4.79 Å². The van der Waals surface area contributed by atoms with Crippen molar-refractivity contribution in [3.05, 3.63) is 77.1 Å². The summed E-state index contributed by atoms with van der Waals surface area (Å²) >= 11 is 7.84. The van der Waals surface area contributed by atoms with Gasteiger partial charge in [0.15, 0.2) is 0 Å². The summed E-state index contributed by atoms with van der Waals surface area (Å²) in [4.78, 5) is 18.7. The van der Waals surface area contributed by atoms with Gasteiger partial charge in [0, 0.05) is 47.8 Å². The lowest BCUT2D eigenvalue weighted by Crippen LogP contribution is -2.49. The number of thiophene rings is 1. The number of halogens is 1. The molecule has 1 amide bonds. The van der Waals surface area contributed by atoms with Crippen molar-refractivity contribution >= 4 is 45.4 Å². The zero-order valence-corrected chi connectivity index (χ0v) is 18.1. The molecule has 0 radical (unpaired) electrons. The van der Waals surface area contributed by atoms with Gasteiger partial charge < -0.3 is 14.4 Å². The fourth-order valence-corrected chi connectivity index (χ4v) is 5.07. The topological polar surface area (TPSA) is 28.5 Å². The van der Waals surface area contributed by atoms with Crippen LogP contribution in [0.3, 0.4) is 0 Å². The van der Waals surface area contributed by atoms with Gasteiger partial charge in [-0.05, 0) is 41.8 Å². The molecule has 0 atom stereocenters. The predicted molar refractivity (Wildman–Crippen MR) is 125 cm³/mol. The first kappa shape index (κ1) is 19.2. The molecule has 30 heavy (non-hydrogen) atoms. The second-order valence-corrected chi connectivity index (χ2v) is 8.88. The third-order valence-corrected chi connectivity index (χ3v) is 6.81. The maximum absolute atomic E-state index is 13.2. The van der Waals surface area contributed by atoms with Crippen LogP contribution in [0, 0.1) is 0 Å². The van der Waals surface area contributed by atoms with Gasteiger partial charge in [0.2, 0.25) is 5.91 Å². The molecule has 1 aliphatic heterocycles. The molecular weight excluding hydrogens is 414 g/mol. The number of carbonyl (C=O) groups excluding carboxylic acids is 1. The average Bonchev–Trinajstić information content (AvgIpc) is 3.42. The molecule has 0 aliphatic carbocycles. The molecule has 1 aliphatic rings. The number of carbonyl (C=O) groups is 1. The molecule has 0 bridgehead atoms. The molecule has 6 heteroatoms. The molecule has 3 heterocycles. The number of anilines is 1. The van der Waals surface area contributed by atoms with Crippen LogP contribution in [-0.4, -0.2) is 41.6 Å². The number of benzene rings is 2. The Morgan fingerprint density at radius 3 is 2.53 bits per heavy atom. The summed E-state index contributed by atoms with van der Waals surface area (Å²) in [6.07, 6.45) is 0. The Bertz CT molecular complexity index is 1180. The van der Waals surface area contributed by atoms with Crippen molar-refractivity contribution in [2.24, 2.45) is 0 Å². The number of hydrogen-bond acceptors (Lipinski definition) is 3. The van der Waals surface area contributed by atoms with Gasteiger partial charge in [0.1, 0.15) is 6.54 Å². The Kier molecular flexibility index (Phi) is 5.23. The van der Waals surface area contributed by atoms with Gasteiger partial charge in [-0.1, -0.05) is 41.9 Å². The fraction of sp³-hybridized carbons (Fsp3) is 0.208. The molecule has 0 spiro atoms. The summed E-state index contributed by atoms with van der Waals surface area (Å²) in [5.74, 6) is 0.167. The van der Waals surface area contributed by atoms with Crippen LogP contribution in [0.1, 0.15) is 0 Å². The molecule has 0 N–H and O–H groups in total. The molecule has 0 unspecified atom stereocenters. The van der Waals surface area contributed by atoms with Crippen LogP contribution in [0.4, 0.5) is 5.69 Å². The molecule has 152 valence electrons. The Morgan fingerprint density at radius 1 is 0.933 bits per heavy atom. The van der Waals surface area contributed by atoms with E-state index >= 15 is 0 Å². The number of rotatable bonds is 4. The minimum atomic E-state index is 0.167. The summed E-state index contributed by atoms with van der Waals surface area (Å²) in [6, 6.07) is 22.5. The van der Waals surface area contributed by atoms with Gasteiger partial charge in [-0.2, -0.15) is 0 Å². The Balaban J connectivity index is 1.34. The number of piperazine rings is 1. The van der Waals surface area contributed by atoms with Crippen LogP contribution >= 0.6 is 22.9 Å². The van der Waals surface area contributed by atoms with Crippen molar-refractivity contribution in [3.63, 3.8) is 0 Å². The highest BCUT2D eigenvalue weighted by molar-refractivity contribution is 7.13. The van der Waals surface area contributed by atoms with Crippen LogP contribution in [0.25, 0.3) is 21.5 Å². The van der Waals surface area contributed by atoms with E-state index in [1.165, 1.54) is 10.3 Å². The Morgan fingerprint density at radius 2 is 1.77 bits per heavy atom. The second-order valence-electron chi connectivity index (χ2n) is 7.50. The highest BCUT2D eigenvalue weighted by Crippen LogP contribution is 2.31. The number of para-hydroxylation sites is 1. The summed E-state index contributed by atoms with van der Waals surface area (Å²) < 4.78 is 2.16. The maximum atomic E-state index is 13.2. The van der Waals surface area contributed by atoms with Crippen molar-refractivity contribution in [2.75, 3.05) is 31.1 Å². The quantitative estimate of drug-likeness (QED) is 0.431. The molecule has 1 saturated heterocycles. The standard InChI is InChI=1S/C24H22ClN3OS/c25-19-6-3-7-20(16-19)26-10-12-27(13-11-26)24(29)17-28-21-8-2-1-5-18(21)15-22(28)23-9-4-14-30-23/h1-9,14-16H,10-13,17H2. The molecular formula is C24H22ClN3OS. The van der Waals surface area contributed by atoms with E-state index < -0.39 is 0 Å². The molecule has 2 aromatic carbocycles. The summed E-state index contributed by atoms with van der Waals surface area (Å²) in [7, 11) is 0.